The van der Waals surface area contributed by atoms with Crippen molar-refractivity contribution in [3.63, 3.8) is 0 Å². The zero-order valence-corrected chi connectivity index (χ0v) is 16.0. The summed E-state index contributed by atoms with van der Waals surface area (Å²) in [6, 6.07) is 2.57. The summed E-state index contributed by atoms with van der Waals surface area (Å²) in [6.07, 6.45) is 0.352. The standard InChI is InChI=1S/C18H16ClF3N6O/c1-9-3-5-27(17(29)10-2-4-23-15(19)14(10)20)7-11(9)13-6-12(16(21)22)26-18-24-8-25-28(13)18/h2,4,6,8-9,11,16H,3,5,7H2,1H3/t9-,11-/m1/s1. The van der Waals surface area contributed by atoms with Gasteiger partial charge in [0.15, 0.2) is 11.0 Å². The molecule has 2 atom stereocenters. The normalized spacial score (nSPS) is 19.9. The number of halogens is 4. The average molecular weight is 425 g/mol. The third-order valence-corrected chi connectivity index (χ3v) is 5.49. The minimum absolute atomic E-state index is 0.0698. The summed E-state index contributed by atoms with van der Waals surface area (Å²) in [5, 5.41) is 3.71. The van der Waals surface area contributed by atoms with E-state index in [1.54, 1.807) is 0 Å². The third kappa shape index (κ3) is 3.52. The molecule has 0 bridgehead atoms. The van der Waals surface area contributed by atoms with Crippen LogP contribution in [0.5, 0.6) is 0 Å². The summed E-state index contributed by atoms with van der Waals surface area (Å²) in [7, 11) is 0. The van der Waals surface area contributed by atoms with Gasteiger partial charge in [0.1, 0.15) is 12.0 Å². The van der Waals surface area contributed by atoms with Crippen molar-refractivity contribution in [1.29, 1.82) is 0 Å². The first-order valence-electron chi connectivity index (χ1n) is 8.94. The summed E-state index contributed by atoms with van der Waals surface area (Å²) in [6.45, 7) is 2.59. The summed E-state index contributed by atoms with van der Waals surface area (Å²) < 4.78 is 42.3. The van der Waals surface area contributed by atoms with E-state index < -0.39 is 23.8 Å². The van der Waals surface area contributed by atoms with Crippen LogP contribution in [0.1, 0.15) is 47.4 Å². The van der Waals surface area contributed by atoms with Crippen molar-refractivity contribution in [2.45, 2.75) is 25.7 Å². The Kier molecular flexibility index (Phi) is 5.12. The minimum Gasteiger partial charge on any atom is -0.338 e. The molecule has 29 heavy (non-hydrogen) atoms. The van der Waals surface area contributed by atoms with E-state index in [9.17, 15) is 18.0 Å². The van der Waals surface area contributed by atoms with E-state index in [1.807, 2.05) is 6.92 Å². The van der Waals surface area contributed by atoms with Crippen molar-refractivity contribution < 1.29 is 18.0 Å². The molecule has 1 amide bonds. The predicted octanol–water partition coefficient (Wildman–Crippen LogP) is 3.52. The Bertz CT molecular complexity index is 1070. The maximum Gasteiger partial charge on any atom is 0.280 e. The van der Waals surface area contributed by atoms with Crippen molar-refractivity contribution in [3.8, 4) is 0 Å². The molecule has 0 aliphatic carbocycles. The summed E-state index contributed by atoms with van der Waals surface area (Å²) in [5.41, 5.74) is -0.0867. The third-order valence-electron chi connectivity index (χ3n) is 5.23. The Morgan fingerprint density at radius 2 is 2.14 bits per heavy atom. The highest BCUT2D eigenvalue weighted by Gasteiger charge is 2.34. The molecule has 7 nitrogen and oxygen atoms in total. The number of carbonyl (C=O) groups is 1. The number of hydrogen-bond acceptors (Lipinski definition) is 5. The van der Waals surface area contributed by atoms with Crippen LogP contribution in [-0.2, 0) is 0 Å². The molecule has 0 aromatic carbocycles. The molecular formula is C18H16ClF3N6O. The number of hydrogen-bond donors (Lipinski definition) is 0. The summed E-state index contributed by atoms with van der Waals surface area (Å²) in [5.74, 6) is -1.57. The SMILES string of the molecule is C[C@@H]1CCN(C(=O)c2ccnc(Cl)c2F)C[C@H]1c1cc(C(F)F)nc2ncnn12. The Morgan fingerprint density at radius 1 is 1.34 bits per heavy atom. The van der Waals surface area contributed by atoms with E-state index in [1.165, 1.54) is 34.1 Å². The first-order valence-corrected chi connectivity index (χ1v) is 9.32. The molecule has 0 spiro atoms. The molecule has 1 aliphatic rings. The van der Waals surface area contributed by atoms with Gasteiger partial charge >= 0.3 is 0 Å². The second kappa shape index (κ2) is 7.58. The van der Waals surface area contributed by atoms with Crippen molar-refractivity contribution >= 4 is 23.3 Å². The monoisotopic (exact) mass is 424 g/mol. The molecule has 1 saturated heterocycles. The Balaban J connectivity index is 1.70. The molecule has 11 heteroatoms. The molecule has 152 valence electrons. The first-order chi connectivity index (χ1) is 13.9. The van der Waals surface area contributed by atoms with E-state index in [0.717, 1.165) is 0 Å². The van der Waals surface area contributed by atoms with Crippen LogP contribution in [0, 0.1) is 11.7 Å². The molecule has 4 rings (SSSR count). The van der Waals surface area contributed by atoms with Gasteiger partial charge in [-0.25, -0.2) is 27.7 Å². The van der Waals surface area contributed by atoms with Gasteiger partial charge in [0.2, 0.25) is 0 Å². The van der Waals surface area contributed by atoms with E-state index >= 15 is 0 Å². The van der Waals surface area contributed by atoms with Gasteiger partial charge in [0, 0.05) is 25.2 Å². The topological polar surface area (TPSA) is 76.3 Å². The Labute approximate surface area is 168 Å². The molecule has 0 unspecified atom stereocenters. The van der Waals surface area contributed by atoms with Crippen LogP contribution in [0.15, 0.2) is 24.7 Å². The first kappa shape index (κ1) is 19.6. The molecule has 3 aromatic heterocycles. The molecule has 3 aromatic rings. The number of carbonyl (C=O) groups excluding carboxylic acids is 1. The van der Waals surface area contributed by atoms with Gasteiger partial charge in [-0.1, -0.05) is 18.5 Å². The molecule has 0 N–H and O–H groups in total. The second-order valence-electron chi connectivity index (χ2n) is 6.97. The van der Waals surface area contributed by atoms with Crippen molar-refractivity contribution in [2.24, 2.45) is 5.92 Å². The summed E-state index contributed by atoms with van der Waals surface area (Å²) >= 11 is 5.69. The van der Waals surface area contributed by atoms with E-state index in [2.05, 4.69) is 20.1 Å². The fourth-order valence-corrected chi connectivity index (χ4v) is 3.78. The van der Waals surface area contributed by atoms with Gasteiger partial charge in [-0.2, -0.15) is 10.1 Å². The fourth-order valence-electron chi connectivity index (χ4n) is 3.62. The van der Waals surface area contributed by atoms with Gasteiger partial charge in [0.25, 0.3) is 18.1 Å². The van der Waals surface area contributed by atoms with Gasteiger partial charge < -0.3 is 4.90 Å². The van der Waals surface area contributed by atoms with E-state index in [0.29, 0.717) is 18.7 Å². The molecule has 0 saturated carbocycles. The number of aromatic nitrogens is 5. The van der Waals surface area contributed by atoms with Crippen LogP contribution in [0.3, 0.4) is 0 Å². The van der Waals surface area contributed by atoms with Crippen LogP contribution in [0.4, 0.5) is 13.2 Å². The number of nitrogens with zero attached hydrogens (tertiary/aromatic N) is 6. The van der Waals surface area contributed by atoms with Crippen molar-refractivity contribution in [1.82, 2.24) is 29.5 Å². The van der Waals surface area contributed by atoms with Gasteiger partial charge in [0.05, 0.1) is 11.3 Å². The van der Waals surface area contributed by atoms with E-state index in [4.69, 9.17) is 11.6 Å². The van der Waals surface area contributed by atoms with E-state index in [-0.39, 0.29) is 34.9 Å². The number of rotatable bonds is 3. The number of likely N-dealkylation sites (tertiary alicyclic amines) is 1. The van der Waals surface area contributed by atoms with Crippen molar-refractivity contribution in [3.05, 3.63) is 52.6 Å². The van der Waals surface area contributed by atoms with Gasteiger partial charge in [-0.15, -0.1) is 0 Å². The van der Waals surface area contributed by atoms with Crippen molar-refractivity contribution in [2.75, 3.05) is 13.1 Å². The number of amides is 1. The smallest absolute Gasteiger partial charge is 0.280 e. The maximum atomic E-state index is 14.3. The highest BCUT2D eigenvalue weighted by Crippen LogP contribution is 2.34. The Morgan fingerprint density at radius 3 is 2.90 bits per heavy atom. The highest BCUT2D eigenvalue weighted by atomic mass is 35.5. The lowest BCUT2D eigenvalue weighted by atomic mass is 9.84. The molecule has 1 aliphatic heterocycles. The number of piperidine rings is 1. The van der Waals surface area contributed by atoms with Crippen LogP contribution in [0.25, 0.3) is 5.78 Å². The van der Waals surface area contributed by atoms with Gasteiger partial charge in [-0.05, 0) is 24.5 Å². The largest absolute Gasteiger partial charge is 0.338 e. The number of alkyl halides is 2. The second-order valence-corrected chi connectivity index (χ2v) is 7.32. The minimum atomic E-state index is -2.76. The van der Waals surface area contributed by atoms with Crippen LogP contribution in [0.2, 0.25) is 5.15 Å². The molecule has 4 heterocycles. The lowest BCUT2D eigenvalue weighted by Crippen LogP contribution is -2.43. The number of pyridine rings is 1. The summed E-state index contributed by atoms with van der Waals surface area (Å²) in [4.78, 5) is 25.7. The predicted molar refractivity (Wildman–Crippen MR) is 97.4 cm³/mol. The van der Waals surface area contributed by atoms with Crippen LogP contribution < -0.4 is 0 Å². The molecular weight excluding hydrogens is 409 g/mol. The van der Waals surface area contributed by atoms with Crippen LogP contribution in [-0.4, -0.2) is 48.5 Å². The number of fused-ring (bicyclic) bond motifs is 1. The quantitative estimate of drug-likeness (QED) is 0.601. The zero-order valence-electron chi connectivity index (χ0n) is 15.3. The average Bonchev–Trinajstić information content (AvgIpc) is 3.18. The fraction of sp³-hybridized carbons (Fsp3) is 0.389. The molecule has 0 radical (unpaired) electrons. The van der Waals surface area contributed by atoms with Crippen LogP contribution >= 0.6 is 11.6 Å². The van der Waals surface area contributed by atoms with Gasteiger partial charge in [-0.3, -0.25) is 4.79 Å². The Hall–Kier alpha value is -2.75. The zero-order chi connectivity index (χ0) is 20.7. The highest BCUT2D eigenvalue weighted by molar-refractivity contribution is 6.29. The lowest BCUT2D eigenvalue weighted by Gasteiger charge is -2.37. The molecule has 1 fully saturated rings. The lowest BCUT2D eigenvalue weighted by molar-refractivity contribution is 0.0660. The maximum absolute atomic E-state index is 14.3.